The van der Waals surface area contributed by atoms with Crippen molar-refractivity contribution in [2.24, 2.45) is 17.8 Å². The maximum atomic E-state index is 13.6. The van der Waals surface area contributed by atoms with Crippen LogP contribution in [-0.2, 0) is 25.4 Å². The highest BCUT2D eigenvalue weighted by Gasteiger charge is 2.54. The number of ether oxygens (including phenoxy) is 6. The zero-order chi connectivity index (χ0) is 31.1. The second-order valence-electron chi connectivity index (χ2n) is 11.7. The maximum absolute atomic E-state index is 13.6. The molecule has 0 spiro atoms. The molecule has 1 saturated carbocycles. The Morgan fingerprint density at radius 2 is 1.75 bits per heavy atom. The summed E-state index contributed by atoms with van der Waals surface area (Å²) in [6, 6.07) is 9.77. The lowest BCUT2D eigenvalue weighted by Crippen LogP contribution is -2.58. The fourth-order valence-corrected chi connectivity index (χ4v) is 8.40. The standard InChI is InChI=1S/C33H40N2O8S/c1-38-23-12-17(13-24(39-2)30(23)40-3)32(36)43-25-14-18-16-35-11-10-20-19-8-7-9-26(44-6)29(19)34-28(20)22(35)15-21(18)27(31(25)41-4)33(37)42-5/h7-9,12-13,18,21-22,25,27,31,34H,10-11,14-16H2,1-6H3/t18-,21+,22?,25?,27?,31+/m0/s1. The largest absolute Gasteiger partial charge is 0.493 e. The van der Waals surface area contributed by atoms with Crippen molar-refractivity contribution in [1.82, 2.24) is 9.88 Å². The van der Waals surface area contributed by atoms with E-state index in [4.69, 9.17) is 28.4 Å². The van der Waals surface area contributed by atoms with Crippen LogP contribution in [0.5, 0.6) is 17.2 Å². The third-order valence-corrected chi connectivity index (χ3v) is 10.6. The topological polar surface area (TPSA) is 109 Å². The van der Waals surface area contributed by atoms with Crippen LogP contribution in [0.15, 0.2) is 35.2 Å². The molecule has 0 bridgehead atoms. The smallest absolute Gasteiger partial charge is 0.338 e. The molecule has 236 valence electrons. The van der Waals surface area contributed by atoms with Crippen molar-refractivity contribution < 1.29 is 38.0 Å². The minimum atomic E-state index is -0.657. The van der Waals surface area contributed by atoms with Crippen molar-refractivity contribution >= 4 is 34.6 Å². The zero-order valence-electron chi connectivity index (χ0n) is 26.0. The number of hydrogen-bond donors (Lipinski definition) is 1. The Balaban J connectivity index is 1.30. The second kappa shape index (κ2) is 12.5. The molecule has 6 atom stereocenters. The maximum Gasteiger partial charge on any atom is 0.338 e. The van der Waals surface area contributed by atoms with Gasteiger partial charge in [-0.05, 0) is 61.1 Å². The normalized spacial score (nSPS) is 26.2. The van der Waals surface area contributed by atoms with Crippen LogP contribution in [0.2, 0.25) is 0 Å². The molecule has 0 amide bonds. The summed E-state index contributed by atoms with van der Waals surface area (Å²) in [5.41, 5.74) is 4.07. The monoisotopic (exact) mass is 624 g/mol. The van der Waals surface area contributed by atoms with Crippen LogP contribution in [0, 0.1) is 17.8 Å². The quantitative estimate of drug-likeness (QED) is 0.275. The van der Waals surface area contributed by atoms with Crippen LogP contribution in [-0.4, -0.2) is 88.9 Å². The molecule has 3 unspecified atom stereocenters. The second-order valence-corrected chi connectivity index (χ2v) is 12.5. The van der Waals surface area contributed by atoms with Gasteiger partial charge in [-0.2, -0.15) is 0 Å². The summed E-state index contributed by atoms with van der Waals surface area (Å²) in [6.45, 7) is 1.73. The average molecular weight is 625 g/mol. The molecular formula is C33H40N2O8S. The number of aromatic nitrogens is 1. The predicted octanol–water partition coefficient (Wildman–Crippen LogP) is 4.88. The van der Waals surface area contributed by atoms with E-state index >= 15 is 0 Å². The van der Waals surface area contributed by atoms with Gasteiger partial charge in [-0.1, -0.05) is 12.1 Å². The number of para-hydroxylation sites is 1. The van der Waals surface area contributed by atoms with E-state index in [1.54, 1.807) is 31.0 Å². The first kappa shape index (κ1) is 30.6. The molecule has 11 heteroatoms. The molecular weight excluding hydrogens is 584 g/mol. The van der Waals surface area contributed by atoms with E-state index in [-0.39, 0.29) is 29.4 Å². The molecule has 6 rings (SSSR count). The molecule has 1 saturated heterocycles. The Kier molecular flexibility index (Phi) is 8.72. The Morgan fingerprint density at radius 1 is 1.00 bits per heavy atom. The van der Waals surface area contributed by atoms with E-state index < -0.39 is 24.1 Å². The fourth-order valence-electron chi connectivity index (χ4n) is 7.82. The van der Waals surface area contributed by atoms with Crippen LogP contribution < -0.4 is 14.2 Å². The Labute approximate surface area is 261 Å². The fraction of sp³-hybridized carbons (Fsp3) is 0.515. The summed E-state index contributed by atoms with van der Waals surface area (Å²) in [5, 5.41) is 1.29. The molecule has 2 aromatic carbocycles. The molecule has 1 N–H and O–H groups in total. The molecule has 1 aliphatic carbocycles. The minimum Gasteiger partial charge on any atom is -0.493 e. The van der Waals surface area contributed by atoms with Crippen LogP contribution in [0.25, 0.3) is 10.9 Å². The first-order valence-corrected chi connectivity index (χ1v) is 16.1. The number of thioether (sulfide) groups is 1. The predicted molar refractivity (Wildman–Crippen MR) is 166 cm³/mol. The molecule has 3 aromatic rings. The third kappa shape index (κ3) is 5.08. The summed E-state index contributed by atoms with van der Waals surface area (Å²) in [6.07, 6.45) is 3.12. The van der Waals surface area contributed by atoms with Crippen molar-refractivity contribution in [2.75, 3.05) is 54.9 Å². The van der Waals surface area contributed by atoms with Gasteiger partial charge in [-0.15, -0.1) is 11.8 Å². The van der Waals surface area contributed by atoms with E-state index in [0.29, 0.717) is 23.7 Å². The average Bonchev–Trinajstić information content (AvgIpc) is 3.45. The number of fused-ring (bicyclic) bond motifs is 6. The number of carbonyl (C=O) groups is 2. The van der Waals surface area contributed by atoms with Gasteiger partial charge in [0.1, 0.15) is 12.2 Å². The van der Waals surface area contributed by atoms with Crippen LogP contribution in [0.1, 0.15) is 40.5 Å². The molecule has 3 heterocycles. The third-order valence-electron chi connectivity index (χ3n) is 9.77. The van der Waals surface area contributed by atoms with Crippen molar-refractivity contribution in [2.45, 2.75) is 42.4 Å². The number of rotatable bonds is 8. The lowest BCUT2D eigenvalue weighted by Gasteiger charge is -2.52. The Morgan fingerprint density at radius 3 is 2.39 bits per heavy atom. The lowest BCUT2D eigenvalue weighted by molar-refractivity contribution is -0.176. The van der Waals surface area contributed by atoms with E-state index in [9.17, 15) is 9.59 Å². The number of benzene rings is 2. The summed E-state index contributed by atoms with van der Waals surface area (Å²) in [5.74, 6) is -0.281. The first-order valence-electron chi connectivity index (χ1n) is 14.9. The van der Waals surface area contributed by atoms with Crippen molar-refractivity contribution in [3.8, 4) is 17.2 Å². The Hall–Kier alpha value is -3.41. The molecule has 10 nitrogen and oxygen atoms in total. The first-order chi connectivity index (χ1) is 21.4. The van der Waals surface area contributed by atoms with Gasteiger partial charge >= 0.3 is 11.9 Å². The highest BCUT2D eigenvalue weighted by atomic mass is 32.2. The Bertz CT molecular complexity index is 1530. The number of aromatic amines is 1. The minimum absolute atomic E-state index is 0.00200. The van der Waals surface area contributed by atoms with Crippen molar-refractivity contribution in [3.05, 3.63) is 47.2 Å². The highest BCUT2D eigenvalue weighted by Crippen LogP contribution is 2.51. The van der Waals surface area contributed by atoms with Gasteiger partial charge in [0.05, 0.1) is 51.5 Å². The van der Waals surface area contributed by atoms with Crippen LogP contribution in [0.4, 0.5) is 0 Å². The van der Waals surface area contributed by atoms with Crippen molar-refractivity contribution in [3.63, 3.8) is 0 Å². The number of esters is 2. The number of methoxy groups -OCH3 is 5. The summed E-state index contributed by atoms with van der Waals surface area (Å²) in [7, 11) is 7.46. The van der Waals surface area contributed by atoms with Gasteiger partial charge in [0.15, 0.2) is 11.5 Å². The molecule has 2 fully saturated rings. The van der Waals surface area contributed by atoms with Gasteiger partial charge in [-0.25, -0.2) is 4.79 Å². The number of nitrogens with one attached hydrogen (secondary N) is 1. The lowest BCUT2D eigenvalue weighted by atomic mass is 9.63. The molecule has 2 aliphatic heterocycles. The number of nitrogens with zero attached hydrogens (tertiary/aromatic N) is 1. The molecule has 44 heavy (non-hydrogen) atoms. The van der Waals surface area contributed by atoms with E-state index in [2.05, 4.69) is 34.3 Å². The number of piperidine rings is 1. The zero-order valence-corrected chi connectivity index (χ0v) is 26.8. The van der Waals surface area contributed by atoms with Crippen molar-refractivity contribution in [1.29, 1.82) is 0 Å². The number of carbonyl (C=O) groups excluding carboxylic acids is 2. The number of hydrogen-bond acceptors (Lipinski definition) is 10. The van der Waals surface area contributed by atoms with Gasteiger partial charge < -0.3 is 33.4 Å². The van der Waals surface area contributed by atoms with Gasteiger partial charge in [0, 0.05) is 36.2 Å². The molecule has 3 aliphatic rings. The highest BCUT2D eigenvalue weighted by molar-refractivity contribution is 7.98. The van der Waals surface area contributed by atoms with Crippen LogP contribution in [0.3, 0.4) is 0 Å². The molecule has 0 radical (unpaired) electrons. The van der Waals surface area contributed by atoms with E-state index in [1.807, 2.05) is 0 Å². The van der Waals surface area contributed by atoms with Gasteiger partial charge in [-0.3, -0.25) is 9.69 Å². The summed E-state index contributed by atoms with van der Waals surface area (Å²) in [4.78, 5) is 34.5. The molecule has 1 aromatic heterocycles. The summed E-state index contributed by atoms with van der Waals surface area (Å²) < 4.78 is 33.7. The summed E-state index contributed by atoms with van der Waals surface area (Å²) >= 11 is 1.74. The number of H-pyrrole nitrogens is 1. The SMILES string of the molecule is COC(=O)C1[C@H](OC)C(OC(=O)c2cc(OC)c(OC)c(OC)c2)C[C@H]2CN3CCc4c([nH]c5c(SC)cccc45)C3C[C@@H]12. The van der Waals surface area contributed by atoms with E-state index in [0.717, 1.165) is 25.9 Å². The van der Waals surface area contributed by atoms with Gasteiger partial charge in [0.25, 0.3) is 0 Å². The van der Waals surface area contributed by atoms with E-state index in [1.165, 1.54) is 55.5 Å². The van der Waals surface area contributed by atoms with Gasteiger partial charge in [0.2, 0.25) is 5.75 Å². The van der Waals surface area contributed by atoms with Crippen LogP contribution >= 0.6 is 11.8 Å².